The summed E-state index contributed by atoms with van der Waals surface area (Å²) >= 11 is 0. The summed E-state index contributed by atoms with van der Waals surface area (Å²) in [5.41, 5.74) is 0.252. The Morgan fingerprint density at radius 2 is 1.60 bits per heavy atom. The number of likely N-dealkylation sites (tertiary alicyclic amines) is 2. The molecule has 0 aliphatic carbocycles. The molecule has 0 radical (unpaired) electrons. The van der Waals surface area contributed by atoms with E-state index in [4.69, 9.17) is 0 Å². The standard InChI is InChI=1S/C19H25F3N2O/c20-19(21,22)16-9-7-15(8-10-16)17-6-2-5-13-24(17)14-18(25)23-11-3-1-4-12-23/h7-10,17H,1-6,11-14H2. The minimum absolute atomic E-state index is 0.0322. The van der Waals surface area contributed by atoms with E-state index in [1.807, 2.05) is 4.90 Å². The Morgan fingerprint density at radius 3 is 2.24 bits per heavy atom. The first kappa shape index (κ1) is 18.2. The van der Waals surface area contributed by atoms with Crippen molar-refractivity contribution in [3.63, 3.8) is 0 Å². The molecule has 0 spiro atoms. The zero-order valence-electron chi connectivity index (χ0n) is 14.4. The largest absolute Gasteiger partial charge is 0.416 e. The summed E-state index contributed by atoms with van der Waals surface area (Å²) in [7, 11) is 0. The van der Waals surface area contributed by atoms with E-state index in [-0.39, 0.29) is 11.9 Å². The van der Waals surface area contributed by atoms with E-state index < -0.39 is 11.7 Å². The van der Waals surface area contributed by atoms with Gasteiger partial charge in [0.2, 0.25) is 5.91 Å². The van der Waals surface area contributed by atoms with Gasteiger partial charge in [-0.2, -0.15) is 13.2 Å². The van der Waals surface area contributed by atoms with Crippen LogP contribution in [0.25, 0.3) is 0 Å². The van der Waals surface area contributed by atoms with Gasteiger partial charge >= 0.3 is 6.18 Å². The fraction of sp³-hybridized carbons (Fsp3) is 0.632. The SMILES string of the molecule is O=C(CN1CCCCC1c1ccc(C(F)(F)F)cc1)N1CCCCC1. The van der Waals surface area contributed by atoms with Crippen LogP contribution in [0.2, 0.25) is 0 Å². The quantitative estimate of drug-likeness (QED) is 0.810. The normalized spacial score (nSPS) is 22.8. The maximum Gasteiger partial charge on any atom is 0.416 e. The van der Waals surface area contributed by atoms with Crippen LogP contribution >= 0.6 is 0 Å². The second-order valence-electron chi connectivity index (χ2n) is 7.04. The predicted molar refractivity (Wildman–Crippen MR) is 90.0 cm³/mol. The zero-order chi connectivity index (χ0) is 17.9. The van der Waals surface area contributed by atoms with Crippen molar-refractivity contribution in [3.05, 3.63) is 35.4 Å². The Kier molecular flexibility index (Phi) is 5.67. The maximum absolute atomic E-state index is 12.8. The van der Waals surface area contributed by atoms with Crippen LogP contribution in [-0.2, 0) is 11.0 Å². The van der Waals surface area contributed by atoms with E-state index >= 15 is 0 Å². The molecule has 1 atom stereocenters. The molecule has 1 aromatic carbocycles. The number of rotatable bonds is 3. The van der Waals surface area contributed by atoms with Crippen molar-refractivity contribution in [2.45, 2.75) is 50.7 Å². The van der Waals surface area contributed by atoms with Crippen LogP contribution in [0.3, 0.4) is 0 Å². The van der Waals surface area contributed by atoms with Gasteiger partial charge in [-0.15, -0.1) is 0 Å². The third-order valence-electron chi connectivity index (χ3n) is 5.28. The molecule has 2 aliphatic heterocycles. The molecule has 2 saturated heterocycles. The molecule has 1 unspecified atom stereocenters. The fourth-order valence-electron chi connectivity index (χ4n) is 3.87. The van der Waals surface area contributed by atoms with Gasteiger partial charge in [-0.05, 0) is 56.3 Å². The van der Waals surface area contributed by atoms with Crippen molar-refractivity contribution >= 4 is 5.91 Å². The van der Waals surface area contributed by atoms with E-state index in [1.54, 1.807) is 12.1 Å². The highest BCUT2D eigenvalue weighted by Crippen LogP contribution is 2.34. The van der Waals surface area contributed by atoms with Crippen LogP contribution in [0.4, 0.5) is 13.2 Å². The number of hydrogen-bond acceptors (Lipinski definition) is 2. The predicted octanol–water partition coefficient (Wildman–Crippen LogP) is 4.24. The molecule has 2 heterocycles. The van der Waals surface area contributed by atoms with Gasteiger partial charge in [0.15, 0.2) is 0 Å². The second kappa shape index (κ2) is 7.77. The summed E-state index contributed by atoms with van der Waals surface area (Å²) in [5, 5.41) is 0. The van der Waals surface area contributed by atoms with Crippen LogP contribution in [0.1, 0.15) is 55.7 Å². The van der Waals surface area contributed by atoms with Gasteiger partial charge in [0, 0.05) is 19.1 Å². The van der Waals surface area contributed by atoms with Crippen LogP contribution in [0.5, 0.6) is 0 Å². The number of benzene rings is 1. The Bertz CT molecular complexity index is 579. The molecule has 138 valence electrons. The lowest BCUT2D eigenvalue weighted by molar-refractivity contribution is -0.137. The smallest absolute Gasteiger partial charge is 0.342 e. The third-order valence-corrected chi connectivity index (χ3v) is 5.28. The highest BCUT2D eigenvalue weighted by molar-refractivity contribution is 5.78. The lowest BCUT2D eigenvalue weighted by Crippen LogP contribution is -2.45. The van der Waals surface area contributed by atoms with E-state index in [0.717, 1.165) is 69.4 Å². The molecule has 3 nitrogen and oxygen atoms in total. The van der Waals surface area contributed by atoms with E-state index in [9.17, 15) is 18.0 Å². The number of piperidine rings is 2. The van der Waals surface area contributed by atoms with Crippen molar-refractivity contribution in [2.75, 3.05) is 26.2 Å². The van der Waals surface area contributed by atoms with Gasteiger partial charge in [-0.3, -0.25) is 9.69 Å². The van der Waals surface area contributed by atoms with Crippen LogP contribution in [0.15, 0.2) is 24.3 Å². The Hall–Kier alpha value is -1.56. The van der Waals surface area contributed by atoms with Crippen LogP contribution in [0, 0.1) is 0 Å². The first-order chi connectivity index (χ1) is 11.9. The Balaban J connectivity index is 1.69. The van der Waals surface area contributed by atoms with Crippen LogP contribution < -0.4 is 0 Å². The lowest BCUT2D eigenvalue weighted by atomic mass is 9.94. The summed E-state index contributed by atoms with van der Waals surface area (Å²) in [6.07, 6.45) is 1.96. The van der Waals surface area contributed by atoms with E-state index in [1.165, 1.54) is 6.42 Å². The summed E-state index contributed by atoms with van der Waals surface area (Å²) in [4.78, 5) is 16.6. The number of carbonyl (C=O) groups excluding carboxylic acids is 1. The number of hydrogen-bond donors (Lipinski definition) is 0. The van der Waals surface area contributed by atoms with Gasteiger partial charge in [-0.1, -0.05) is 18.6 Å². The second-order valence-corrected chi connectivity index (χ2v) is 7.04. The molecule has 2 aliphatic rings. The summed E-state index contributed by atoms with van der Waals surface area (Å²) in [6.45, 7) is 2.85. The van der Waals surface area contributed by atoms with Gasteiger partial charge in [0.25, 0.3) is 0 Å². The fourth-order valence-corrected chi connectivity index (χ4v) is 3.87. The molecule has 25 heavy (non-hydrogen) atoms. The summed E-state index contributed by atoms with van der Waals surface area (Å²) in [6, 6.07) is 5.46. The average Bonchev–Trinajstić information content (AvgIpc) is 2.62. The summed E-state index contributed by atoms with van der Waals surface area (Å²) in [5.74, 6) is 0.151. The Labute approximate surface area is 146 Å². The number of halogens is 3. The van der Waals surface area contributed by atoms with E-state index in [2.05, 4.69) is 4.90 Å². The zero-order valence-corrected chi connectivity index (χ0v) is 14.4. The van der Waals surface area contributed by atoms with Crippen molar-refractivity contribution in [1.29, 1.82) is 0 Å². The number of alkyl halides is 3. The highest BCUT2D eigenvalue weighted by atomic mass is 19.4. The molecule has 0 aromatic heterocycles. The maximum atomic E-state index is 12.8. The van der Waals surface area contributed by atoms with Crippen molar-refractivity contribution < 1.29 is 18.0 Å². The minimum Gasteiger partial charge on any atom is -0.342 e. The van der Waals surface area contributed by atoms with Gasteiger partial charge in [0.1, 0.15) is 0 Å². The van der Waals surface area contributed by atoms with Gasteiger partial charge in [-0.25, -0.2) is 0 Å². The van der Waals surface area contributed by atoms with Crippen molar-refractivity contribution in [1.82, 2.24) is 9.80 Å². The number of carbonyl (C=O) groups is 1. The molecule has 0 N–H and O–H groups in total. The average molecular weight is 354 g/mol. The lowest BCUT2D eigenvalue weighted by Gasteiger charge is -2.37. The van der Waals surface area contributed by atoms with Crippen molar-refractivity contribution in [3.8, 4) is 0 Å². The number of nitrogens with zero attached hydrogens (tertiary/aromatic N) is 2. The molecule has 6 heteroatoms. The molecule has 2 fully saturated rings. The first-order valence-corrected chi connectivity index (χ1v) is 9.14. The van der Waals surface area contributed by atoms with Crippen molar-refractivity contribution in [2.24, 2.45) is 0 Å². The molecular weight excluding hydrogens is 329 g/mol. The van der Waals surface area contributed by atoms with Crippen LogP contribution in [-0.4, -0.2) is 41.9 Å². The highest BCUT2D eigenvalue weighted by Gasteiger charge is 2.32. The monoisotopic (exact) mass is 354 g/mol. The number of amides is 1. The topological polar surface area (TPSA) is 23.6 Å². The molecule has 1 amide bonds. The molecule has 0 bridgehead atoms. The first-order valence-electron chi connectivity index (χ1n) is 9.14. The molecule has 0 saturated carbocycles. The van der Waals surface area contributed by atoms with Gasteiger partial charge < -0.3 is 4.90 Å². The van der Waals surface area contributed by atoms with Gasteiger partial charge in [0.05, 0.1) is 12.1 Å². The minimum atomic E-state index is -4.31. The molecular formula is C19H25F3N2O. The summed E-state index contributed by atoms with van der Waals surface area (Å²) < 4.78 is 38.3. The third kappa shape index (κ3) is 4.54. The Morgan fingerprint density at radius 1 is 0.960 bits per heavy atom. The van der Waals surface area contributed by atoms with E-state index in [0.29, 0.717) is 6.54 Å². The molecule has 3 rings (SSSR count). The molecule has 1 aromatic rings.